The van der Waals surface area contributed by atoms with Crippen LogP contribution in [0.3, 0.4) is 0 Å². The highest BCUT2D eigenvalue weighted by molar-refractivity contribution is 5.74. The van der Waals surface area contributed by atoms with Gasteiger partial charge in [-0.25, -0.2) is 0 Å². The van der Waals surface area contributed by atoms with Crippen molar-refractivity contribution in [3.8, 4) is 22.8 Å². The number of phenolic OH excluding ortho intramolecular Hbond substituents is 2. The molecular weight excluding hydrogens is 298 g/mol. The van der Waals surface area contributed by atoms with Crippen LogP contribution in [0.25, 0.3) is 23.9 Å². The van der Waals surface area contributed by atoms with E-state index in [9.17, 15) is 10.2 Å². The average Bonchev–Trinajstić information content (AvgIpc) is 2.88. The van der Waals surface area contributed by atoms with Gasteiger partial charge in [0.05, 0.1) is 11.3 Å². The Labute approximate surface area is 144 Å². The lowest BCUT2D eigenvalue weighted by Gasteiger charge is -2.22. The molecule has 0 aliphatic rings. The molecule has 2 rings (SSSR count). The minimum Gasteiger partial charge on any atom is -0.507 e. The summed E-state index contributed by atoms with van der Waals surface area (Å²) in [7, 11) is 0. The van der Waals surface area contributed by atoms with Crippen LogP contribution in [-0.2, 0) is 0 Å². The van der Waals surface area contributed by atoms with Crippen molar-refractivity contribution in [2.75, 3.05) is 0 Å². The van der Waals surface area contributed by atoms with Crippen molar-refractivity contribution in [1.82, 2.24) is 4.57 Å². The Morgan fingerprint density at radius 1 is 1.12 bits per heavy atom. The molecule has 0 aliphatic carbocycles. The summed E-state index contributed by atoms with van der Waals surface area (Å²) in [6.45, 7) is 10.7. The van der Waals surface area contributed by atoms with Crippen molar-refractivity contribution in [2.45, 2.75) is 58.9 Å². The molecule has 2 N–H and O–H groups in total. The standard InChI is InChI=1S/C21H29NO2/c1-5-8-11-17(10-6-2)22-15(4)16(7-3)14-18(22)21-19(23)12-9-13-20(21)24/h7,9,12-14,17,23-24H,4-6,8,10-11H2,1-3H3/b16-7-. The molecule has 1 atom stereocenters. The summed E-state index contributed by atoms with van der Waals surface area (Å²) in [5.41, 5.74) is 1.34. The van der Waals surface area contributed by atoms with E-state index >= 15 is 0 Å². The van der Waals surface area contributed by atoms with E-state index < -0.39 is 0 Å². The molecule has 0 saturated carbocycles. The highest BCUT2D eigenvalue weighted by Crippen LogP contribution is 2.37. The summed E-state index contributed by atoms with van der Waals surface area (Å²) < 4.78 is 2.21. The Morgan fingerprint density at radius 3 is 2.33 bits per heavy atom. The number of nitrogens with zero attached hydrogens (tertiary/aromatic N) is 1. The van der Waals surface area contributed by atoms with Crippen LogP contribution >= 0.6 is 0 Å². The van der Waals surface area contributed by atoms with Crippen LogP contribution in [0.4, 0.5) is 0 Å². The van der Waals surface area contributed by atoms with E-state index in [0.29, 0.717) is 11.6 Å². The fourth-order valence-corrected chi connectivity index (χ4v) is 3.41. The van der Waals surface area contributed by atoms with Gasteiger partial charge in [-0.15, -0.1) is 0 Å². The lowest BCUT2D eigenvalue weighted by molar-refractivity contribution is 0.411. The first kappa shape index (κ1) is 18.2. The predicted octanol–water partition coefficient (Wildman–Crippen LogP) is 4.31. The van der Waals surface area contributed by atoms with Gasteiger partial charge in [-0.2, -0.15) is 0 Å². The largest absolute Gasteiger partial charge is 0.507 e. The van der Waals surface area contributed by atoms with Crippen molar-refractivity contribution in [3.05, 3.63) is 34.8 Å². The number of unbranched alkanes of at least 4 members (excludes halogenated alkanes) is 1. The second-order valence-corrected chi connectivity index (χ2v) is 6.35. The third kappa shape index (κ3) is 3.50. The first-order chi connectivity index (χ1) is 11.5. The van der Waals surface area contributed by atoms with Gasteiger partial charge in [0.15, 0.2) is 0 Å². The molecule has 0 radical (unpaired) electrons. The van der Waals surface area contributed by atoms with Gasteiger partial charge >= 0.3 is 0 Å². The van der Waals surface area contributed by atoms with Crippen molar-refractivity contribution in [2.24, 2.45) is 0 Å². The fraction of sp³-hybridized carbons (Fsp3) is 0.429. The lowest BCUT2D eigenvalue weighted by atomic mass is 10.0. The summed E-state index contributed by atoms with van der Waals surface area (Å²) in [6.07, 6.45) is 7.55. The molecule has 130 valence electrons. The molecule has 24 heavy (non-hydrogen) atoms. The maximum absolute atomic E-state index is 10.3. The van der Waals surface area contributed by atoms with E-state index in [2.05, 4.69) is 25.0 Å². The van der Waals surface area contributed by atoms with Crippen LogP contribution in [0, 0.1) is 0 Å². The molecule has 2 aromatic rings. The third-order valence-electron chi connectivity index (χ3n) is 4.64. The van der Waals surface area contributed by atoms with Gasteiger partial charge in [0.1, 0.15) is 11.5 Å². The summed E-state index contributed by atoms with van der Waals surface area (Å²) in [5.74, 6) is 0.198. The minimum atomic E-state index is 0.0992. The van der Waals surface area contributed by atoms with Gasteiger partial charge < -0.3 is 14.8 Å². The maximum Gasteiger partial charge on any atom is 0.128 e. The normalized spacial score (nSPS) is 13.4. The van der Waals surface area contributed by atoms with Crippen LogP contribution in [0.15, 0.2) is 24.3 Å². The SMILES string of the molecule is C=c1/c(=C\C)cc(-c2c(O)cccc2O)n1C(CCC)CCCC. The maximum atomic E-state index is 10.3. The third-order valence-corrected chi connectivity index (χ3v) is 4.64. The molecule has 1 unspecified atom stereocenters. The molecule has 0 bridgehead atoms. The lowest BCUT2D eigenvalue weighted by Crippen LogP contribution is -2.30. The quantitative estimate of drug-likeness (QED) is 0.796. The zero-order valence-corrected chi connectivity index (χ0v) is 15.0. The molecule has 1 heterocycles. The van der Waals surface area contributed by atoms with E-state index in [0.717, 1.165) is 48.4 Å². The summed E-state index contributed by atoms with van der Waals surface area (Å²) >= 11 is 0. The van der Waals surface area contributed by atoms with Gasteiger partial charge in [0.25, 0.3) is 0 Å². The van der Waals surface area contributed by atoms with Crippen molar-refractivity contribution < 1.29 is 10.2 Å². The Balaban J connectivity index is 2.71. The summed E-state index contributed by atoms with van der Waals surface area (Å²) in [4.78, 5) is 0. The molecule has 0 fully saturated rings. The smallest absolute Gasteiger partial charge is 0.128 e. The summed E-state index contributed by atoms with van der Waals surface area (Å²) in [6, 6.07) is 7.23. The molecular formula is C21H29NO2. The zero-order chi connectivity index (χ0) is 17.7. The van der Waals surface area contributed by atoms with E-state index in [4.69, 9.17) is 0 Å². The number of rotatable bonds is 7. The Kier molecular flexibility index (Phi) is 6.13. The molecule has 0 amide bonds. The summed E-state index contributed by atoms with van der Waals surface area (Å²) in [5, 5.41) is 22.6. The highest BCUT2D eigenvalue weighted by atomic mass is 16.3. The van der Waals surface area contributed by atoms with Crippen LogP contribution in [0.1, 0.15) is 58.9 Å². The van der Waals surface area contributed by atoms with Gasteiger partial charge in [0, 0.05) is 11.4 Å². The first-order valence-corrected chi connectivity index (χ1v) is 8.92. The number of aromatic nitrogens is 1. The molecule has 1 aromatic carbocycles. The number of hydrogen-bond donors (Lipinski definition) is 2. The van der Waals surface area contributed by atoms with E-state index in [1.54, 1.807) is 18.2 Å². The van der Waals surface area contributed by atoms with Crippen LogP contribution in [-0.4, -0.2) is 14.8 Å². The monoisotopic (exact) mass is 327 g/mol. The van der Waals surface area contributed by atoms with Gasteiger partial charge in [0.2, 0.25) is 0 Å². The average molecular weight is 327 g/mol. The first-order valence-electron chi connectivity index (χ1n) is 8.92. The van der Waals surface area contributed by atoms with Crippen molar-refractivity contribution >= 4 is 12.7 Å². The minimum absolute atomic E-state index is 0.0992. The molecule has 1 aromatic heterocycles. The predicted molar refractivity (Wildman–Crippen MR) is 102 cm³/mol. The molecule has 0 aliphatic heterocycles. The second-order valence-electron chi connectivity index (χ2n) is 6.35. The Bertz CT molecular complexity index is 769. The van der Waals surface area contributed by atoms with Crippen LogP contribution in [0.2, 0.25) is 0 Å². The molecule has 3 heteroatoms. The number of hydrogen-bond acceptors (Lipinski definition) is 2. The van der Waals surface area contributed by atoms with E-state index in [1.807, 2.05) is 19.1 Å². The molecule has 0 spiro atoms. The zero-order valence-electron chi connectivity index (χ0n) is 15.0. The number of benzene rings is 1. The highest BCUT2D eigenvalue weighted by Gasteiger charge is 2.20. The Hall–Kier alpha value is -2.16. The topological polar surface area (TPSA) is 45.4 Å². The number of phenols is 2. The van der Waals surface area contributed by atoms with Crippen molar-refractivity contribution in [3.63, 3.8) is 0 Å². The number of aromatic hydroxyl groups is 2. The fourth-order valence-electron chi connectivity index (χ4n) is 3.41. The van der Waals surface area contributed by atoms with Gasteiger partial charge in [-0.3, -0.25) is 0 Å². The van der Waals surface area contributed by atoms with E-state index in [1.165, 1.54) is 0 Å². The van der Waals surface area contributed by atoms with Crippen LogP contribution < -0.4 is 10.6 Å². The Morgan fingerprint density at radius 2 is 1.79 bits per heavy atom. The van der Waals surface area contributed by atoms with Crippen molar-refractivity contribution in [1.29, 1.82) is 0 Å². The van der Waals surface area contributed by atoms with E-state index in [-0.39, 0.29) is 11.5 Å². The van der Waals surface area contributed by atoms with Gasteiger partial charge in [-0.05, 0) is 43.2 Å². The van der Waals surface area contributed by atoms with Gasteiger partial charge in [-0.1, -0.05) is 51.8 Å². The second kappa shape index (κ2) is 8.09. The molecule has 0 saturated heterocycles. The van der Waals surface area contributed by atoms with Crippen LogP contribution in [0.5, 0.6) is 11.5 Å². The molecule has 3 nitrogen and oxygen atoms in total.